The Morgan fingerprint density at radius 3 is 2.95 bits per heavy atom. The predicted molar refractivity (Wildman–Crippen MR) is 88.8 cm³/mol. The number of nitrogens with zero attached hydrogens (tertiary/aromatic N) is 1. The molecule has 1 atom stereocenters. The summed E-state index contributed by atoms with van der Waals surface area (Å²) in [6, 6.07) is 13.6. The van der Waals surface area contributed by atoms with Crippen molar-refractivity contribution in [2.24, 2.45) is 0 Å². The highest BCUT2D eigenvalue weighted by Crippen LogP contribution is 2.38. The van der Waals surface area contributed by atoms with E-state index < -0.39 is 0 Å². The molecule has 0 amide bonds. The average molecular weight is 332 g/mol. The fraction of sp³-hybridized carbons (Fsp3) is 0.125. The number of rotatable bonds is 2. The number of benzene rings is 2. The van der Waals surface area contributed by atoms with Crippen LogP contribution in [-0.2, 0) is 6.42 Å². The molecule has 0 bridgehead atoms. The van der Waals surface area contributed by atoms with Gasteiger partial charge in [-0.15, -0.1) is 11.3 Å². The first-order valence-electron chi connectivity index (χ1n) is 6.55. The van der Waals surface area contributed by atoms with Crippen molar-refractivity contribution in [3.8, 4) is 0 Å². The van der Waals surface area contributed by atoms with Gasteiger partial charge in [0.1, 0.15) is 0 Å². The van der Waals surface area contributed by atoms with Crippen molar-refractivity contribution < 1.29 is 4.79 Å². The number of hydrogen-bond acceptors (Lipinski definition) is 4. The summed E-state index contributed by atoms with van der Waals surface area (Å²) in [5.74, 6) is 0.186. The zero-order chi connectivity index (χ0) is 14.4. The molecule has 0 aliphatic heterocycles. The Labute approximate surface area is 135 Å². The lowest BCUT2D eigenvalue weighted by atomic mass is 10.1. The van der Waals surface area contributed by atoms with Gasteiger partial charge in [-0.2, -0.15) is 0 Å². The van der Waals surface area contributed by atoms with Gasteiger partial charge in [-0.05, 0) is 42.3 Å². The number of ketones is 1. The molecular formula is C16H10ClNOS2. The molecule has 1 aliphatic rings. The van der Waals surface area contributed by atoms with Crippen LogP contribution in [0.1, 0.15) is 15.9 Å². The fourth-order valence-electron chi connectivity index (χ4n) is 2.56. The van der Waals surface area contributed by atoms with E-state index in [4.69, 9.17) is 11.6 Å². The highest BCUT2D eigenvalue weighted by molar-refractivity contribution is 8.02. The van der Waals surface area contributed by atoms with Crippen molar-refractivity contribution in [3.63, 3.8) is 0 Å². The van der Waals surface area contributed by atoms with Gasteiger partial charge in [0, 0.05) is 10.6 Å². The minimum atomic E-state index is -0.0842. The zero-order valence-corrected chi connectivity index (χ0v) is 13.3. The molecule has 2 nitrogen and oxygen atoms in total. The molecule has 2 aromatic carbocycles. The molecule has 1 heterocycles. The van der Waals surface area contributed by atoms with E-state index in [1.165, 1.54) is 0 Å². The third-order valence-corrected chi connectivity index (χ3v) is 6.11. The van der Waals surface area contributed by atoms with Crippen LogP contribution in [0.4, 0.5) is 0 Å². The number of carbonyl (C=O) groups excluding carboxylic acids is 1. The molecule has 3 aromatic rings. The van der Waals surface area contributed by atoms with Crippen molar-refractivity contribution in [3.05, 3.63) is 58.6 Å². The number of Topliss-reactive ketones (excluding diaryl/α,β-unsaturated/α-hetero) is 1. The predicted octanol–water partition coefficient (Wildman–Crippen LogP) is 4.85. The molecule has 0 spiro atoms. The van der Waals surface area contributed by atoms with Gasteiger partial charge in [0.25, 0.3) is 0 Å². The van der Waals surface area contributed by atoms with Crippen molar-refractivity contribution in [2.75, 3.05) is 0 Å². The summed E-state index contributed by atoms with van der Waals surface area (Å²) in [5, 5.41) is 0.603. The number of carbonyl (C=O) groups is 1. The monoisotopic (exact) mass is 331 g/mol. The third-order valence-electron chi connectivity index (χ3n) is 3.55. The highest BCUT2D eigenvalue weighted by Gasteiger charge is 2.32. The summed E-state index contributed by atoms with van der Waals surface area (Å²) in [6.45, 7) is 0. The van der Waals surface area contributed by atoms with E-state index in [1.54, 1.807) is 29.2 Å². The molecule has 4 rings (SSSR count). The summed E-state index contributed by atoms with van der Waals surface area (Å²) in [4.78, 5) is 17.0. The Kier molecular flexibility index (Phi) is 3.25. The maximum Gasteiger partial charge on any atom is 0.176 e. The first-order chi connectivity index (χ1) is 10.2. The number of thiazole rings is 1. The van der Waals surface area contributed by atoms with Gasteiger partial charge in [0.15, 0.2) is 10.1 Å². The molecule has 0 N–H and O–H groups in total. The molecular weight excluding hydrogens is 322 g/mol. The van der Waals surface area contributed by atoms with E-state index in [1.807, 2.05) is 30.3 Å². The van der Waals surface area contributed by atoms with Crippen LogP contribution in [0.3, 0.4) is 0 Å². The van der Waals surface area contributed by atoms with E-state index in [0.29, 0.717) is 5.02 Å². The van der Waals surface area contributed by atoms with Crippen LogP contribution in [0.25, 0.3) is 10.2 Å². The van der Waals surface area contributed by atoms with Crippen molar-refractivity contribution in [1.29, 1.82) is 0 Å². The quantitative estimate of drug-likeness (QED) is 0.672. The molecule has 1 unspecified atom stereocenters. The maximum absolute atomic E-state index is 12.4. The van der Waals surface area contributed by atoms with Crippen molar-refractivity contribution in [1.82, 2.24) is 4.98 Å². The molecule has 21 heavy (non-hydrogen) atoms. The van der Waals surface area contributed by atoms with E-state index in [-0.39, 0.29) is 11.0 Å². The first-order valence-corrected chi connectivity index (χ1v) is 8.63. The summed E-state index contributed by atoms with van der Waals surface area (Å²) in [6.07, 6.45) is 0.731. The number of hydrogen-bond donors (Lipinski definition) is 0. The van der Waals surface area contributed by atoms with Gasteiger partial charge in [-0.25, -0.2) is 4.98 Å². The summed E-state index contributed by atoms with van der Waals surface area (Å²) >= 11 is 9.21. The SMILES string of the molecule is O=C1c2ccc(Cl)cc2CC1Sc1nc2ccccc2s1. The topological polar surface area (TPSA) is 30.0 Å². The number of halogens is 1. The molecule has 5 heteroatoms. The van der Waals surface area contributed by atoms with Gasteiger partial charge < -0.3 is 0 Å². The minimum Gasteiger partial charge on any atom is -0.293 e. The summed E-state index contributed by atoms with van der Waals surface area (Å²) in [5.41, 5.74) is 2.85. The van der Waals surface area contributed by atoms with Crippen LogP contribution < -0.4 is 0 Å². The second-order valence-electron chi connectivity index (χ2n) is 4.92. The molecule has 1 aliphatic carbocycles. The Bertz CT molecular complexity index is 825. The molecule has 0 saturated carbocycles. The summed E-state index contributed by atoms with van der Waals surface area (Å²) in [7, 11) is 0. The smallest absolute Gasteiger partial charge is 0.176 e. The fourth-order valence-corrected chi connectivity index (χ4v) is 5.15. The number of fused-ring (bicyclic) bond motifs is 2. The number of thioether (sulfide) groups is 1. The van der Waals surface area contributed by atoms with Crippen molar-refractivity contribution in [2.45, 2.75) is 16.0 Å². The third kappa shape index (κ3) is 2.37. The van der Waals surface area contributed by atoms with Crippen LogP contribution in [0.15, 0.2) is 46.8 Å². The number of para-hydroxylation sites is 1. The van der Waals surface area contributed by atoms with Gasteiger partial charge in [-0.1, -0.05) is 35.5 Å². The van der Waals surface area contributed by atoms with Gasteiger partial charge in [0.05, 0.1) is 15.5 Å². The highest BCUT2D eigenvalue weighted by atomic mass is 35.5. The van der Waals surface area contributed by atoms with E-state index in [9.17, 15) is 4.79 Å². The molecule has 0 saturated heterocycles. The van der Waals surface area contributed by atoms with Crippen molar-refractivity contribution >= 4 is 50.7 Å². The lowest BCUT2D eigenvalue weighted by Crippen LogP contribution is -2.10. The number of aromatic nitrogens is 1. The Hall–Kier alpha value is -1.36. The van der Waals surface area contributed by atoms with Crippen LogP contribution in [0.2, 0.25) is 5.02 Å². The maximum atomic E-state index is 12.4. The lowest BCUT2D eigenvalue weighted by Gasteiger charge is -2.03. The van der Waals surface area contributed by atoms with E-state index in [2.05, 4.69) is 11.1 Å². The van der Waals surface area contributed by atoms with E-state index in [0.717, 1.165) is 32.1 Å². The molecule has 1 aromatic heterocycles. The molecule has 0 fully saturated rings. The summed E-state index contributed by atoms with van der Waals surface area (Å²) < 4.78 is 2.11. The van der Waals surface area contributed by atoms with Gasteiger partial charge in [0.2, 0.25) is 0 Å². The largest absolute Gasteiger partial charge is 0.293 e. The van der Waals surface area contributed by atoms with Crippen LogP contribution >= 0.6 is 34.7 Å². The second kappa shape index (κ2) is 5.13. The first kappa shape index (κ1) is 13.3. The van der Waals surface area contributed by atoms with E-state index >= 15 is 0 Å². The van der Waals surface area contributed by atoms with Crippen LogP contribution in [-0.4, -0.2) is 16.0 Å². The standard InChI is InChI=1S/C16H10ClNOS2/c17-10-5-6-11-9(7-10)8-14(15(11)19)21-16-18-12-3-1-2-4-13(12)20-16/h1-7,14H,8H2. The second-order valence-corrected chi connectivity index (χ2v) is 7.84. The zero-order valence-electron chi connectivity index (χ0n) is 10.9. The van der Waals surface area contributed by atoms with Gasteiger partial charge >= 0.3 is 0 Å². The van der Waals surface area contributed by atoms with Crippen LogP contribution in [0, 0.1) is 0 Å². The average Bonchev–Trinajstić information content (AvgIpc) is 3.00. The Morgan fingerprint density at radius 1 is 1.24 bits per heavy atom. The Balaban J connectivity index is 1.62. The Morgan fingerprint density at radius 2 is 2.10 bits per heavy atom. The van der Waals surface area contributed by atoms with Gasteiger partial charge in [-0.3, -0.25) is 4.79 Å². The lowest BCUT2D eigenvalue weighted by molar-refractivity contribution is 0.100. The molecule has 104 valence electrons. The van der Waals surface area contributed by atoms with Crippen LogP contribution in [0.5, 0.6) is 0 Å². The normalized spacial score (nSPS) is 17.4. The minimum absolute atomic E-state index is 0.0842. The molecule has 0 radical (unpaired) electrons.